The summed E-state index contributed by atoms with van der Waals surface area (Å²) in [5, 5.41) is 18.8. The molecule has 2 N–H and O–H groups in total. The second-order valence-corrected chi connectivity index (χ2v) is 11.7. The first-order valence-corrected chi connectivity index (χ1v) is 14.9. The molecule has 0 saturated heterocycles. The number of ether oxygens (including phenoxy) is 1. The van der Waals surface area contributed by atoms with Crippen molar-refractivity contribution in [2.75, 3.05) is 17.5 Å². The van der Waals surface area contributed by atoms with Crippen LogP contribution in [0.1, 0.15) is 12.0 Å². The van der Waals surface area contributed by atoms with Gasteiger partial charge in [0.1, 0.15) is 12.3 Å². The number of benzene rings is 4. The standard InChI is InChI=1S/C31H27ClN4O5S/c32-23-12-14-24(15-13-23)36(21-29(37)34-35-30-27-10-4-5-11-28(27)33-31(30)38)42(39,40)26-18-16-25(17-19-26)41-20-6-9-22-7-2-1-3-8-22/h1-5,7-8,10-19,33,38H,6,9,20-21H2. The van der Waals surface area contributed by atoms with Crippen LogP contribution in [0, 0.1) is 0 Å². The number of nitrogens with one attached hydrogen (secondary N) is 1. The molecule has 0 atom stereocenters. The minimum absolute atomic E-state index is 0.0342. The summed E-state index contributed by atoms with van der Waals surface area (Å²) in [6, 6.07) is 29.2. The van der Waals surface area contributed by atoms with Crippen LogP contribution in [0.15, 0.2) is 118 Å². The van der Waals surface area contributed by atoms with Crippen molar-refractivity contribution in [1.29, 1.82) is 0 Å². The molecule has 0 bridgehead atoms. The van der Waals surface area contributed by atoms with E-state index in [9.17, 15) is 18.3 Å². The van der Waals surface area contributed by atoms with Crippen molar-refractivity contribution in [3.8, 4) is 11.6 Å². The molecule has 9 nitrogen and oxygen atoms in total. The Bertz CT molecular complexity index is 1810. The lowest BCUT2D eigenvalue weighted by atomic mass is 10.1. The maximum absolute atomic E-state index is 13.7. The Morgan fingerprint density at radius 1 is 0.905 bits per heavy atom. The van der Waals surface area contributed by atoms with E-state index in [1.54, 1.807) is 36.4 Å². The number of nitrogens with zero attached hydrogens (tertiary/aromatic N) is 3. The molecule has 0 saturated carbocycles. The van der Waals surface area contributed by atoms with Crippen LogP contribution in [0.25, 0.3) is 10.9 Å². The Labute approximate surface area is 248 Å². The molecule has 0 spiro atoms. The fourth-order valence-electron chi connectivity index (χ4n) is 4.34. The number of aromatic hydroxyl groups is 1. The first-order valence-electron chi connectivity index (χ1n) is 13.1. The van der Waals surface area contributed by atoms with E-state index in [4.69, 9.17) is 16.3 Å². The number of anilines is 1. The lowest BCUT2D eigenvalue weighted by Crippen LogP contribution is -2.35. The third kappa shape index (κ3) is 6.79. The van der Waals surface area contributed by atoms with Gasteiger partial charge in [-0.25, -0.2) is 8.42 Å². The number of sulfonamides is 1. The summed E-state index contributed by atoms with van der Waals surface area (Å²) in [5.74, 6) is -0.558. The largest absolute Gasteiger partial charge is 0.494 e. The zero-order valence-electron chi connectivity index (χ0n) is 22.4. The van der Waals surface area contributed by atoms with Gasteiger partial charge in [0.05, 0.1) is 22.7 Å². The van der Waals surface area contributed by atoms with Crippen molar-refractivity contribution >= 4 is 49.8 Å². The Hall–Kier alpha value is -4.67. The Balaban J connectivity index is 1.31. The number of H-pyrrole nitrogens is 1. The van der Waals surface area contributed by atoms with Gasteiger partial charge in [-0.05, 0) is 73.0 Å². The lowest BCUT2D eigenvalue weighted by Gasteiger charge is -2.23. The van der Waals surface area contributed by atoms with Crippen LogP contribution in [-0.2, 0) is 21.2 Å². The average Bonchev–Trinajstić information content (AvgIpc) is 3.33. The minimum atomic E-state index is -4.20. The molecule has 1 heterocycles. The molecule has 0 aliphatic rings. The van der Waals surface area contributed by atoms with Crippen LogP contribution in [0.5, 0.6) is 11.6 Å². The molecule has 0 fully saturated rings. The summed E-state index contributed by atoms with van der Waals surface area (Å²) < 4.78 is 34.2. The number of hydrogen-bond acceptors (Lipinski definition) is 6. The number of aryl methyl sites for hydroxylation is 1. The first-order chi connectivity index (χ1) is 20.3. The molecule has 42 heavy (non-hydrogen) atoms. The molecule has 4 aromatic carbocycles. The molecular formula is C31H27ClN4O5S. The molecule has 5 aromatic rings. The molecule has 11 heteroatoms. The number of fused-ring (bicyclic) bond motifs is 1. The molecular weight excluding hydrogens is 576 g/mol. The summed E-state index contributed by atoms with van der Waals surface area (Å²) in [4.78, 5) is 15.6. The van der Waals surface area contributed by atoms with E-state index in [1.165, 1.54) is 42.0 Å². The van der Waals surface area contributed by atoms with Gasteiger partial charge in [0, 0.05) is 10.4 Å². The number of carbonyl (C=O) groups excluding carboxylic acids is 1. The highest BCUT2D eigenvalue weighted by molar-refractivity contribution is 7.92. The highest BCUT2D eigenvalue weighted by atomic mass is 35.5. The number of carbonyl (C=O) groups is 1. The predicted octanol–water partition coefficient (Wildman–Crippen LogP) is 7.04. The summed E-state index contributed by atoms with van der Waals surface area (Å²) in [6.45, 7) is -0.155. The van der Waals surface area contributed by atoms with E-state index in [0.29, 0.717) is 28.3 Å². The van der Waals surface area contributed by atoms with Crippen molar-refractivity contribution in [2.24, 2.45) is 10.2 Å². The SMILES string of the molecule is O=C(CN(c1ccc(Cl)cc1)S(=O)(=O)c1ccc(OCCCc2ccccc2)cc1)N=Nc1c(O)[nH]c2ccccc12. The Kier molecular flexibility index (Phi) is 8.85. The van der Waals surface area contributed by atoms with Crippen LogP contribution in [-0.4, -0.2) is 37.6 Å². The van der Waals surface area contributed by atoms with Gasteiger partial charge in [0.25, 0.3) is 15.9 Å². The molecule has 0 radical (unpaired) electrons. The minimum Gasteiger partial charge on any atom is -0.494 e. The van der Waals surface area contributed by atoms with Crippen molar-refractivity contribution in [3.05, 3.63) is 114 Å². The number of aromatic amines is 1. The lowest BCUT2D eigenvalue weighted by molar-refractivity contribution is -0.116. The zero-order valence-corrected chi connectivity index (χ0v) is 23.9. The number of aromatic nitrogens is 1. The fraction of sp³-hybridized carbons (Fsp3) is 0.129. The number of amides is 1. The van der Waals surface area contributed by atoms with Crippen LogP contribution < -0.4 is 9.04 Å². The van der Waals surface area contributed by atoms with E-state index < -0.39 is 22.5 Å². The van der Waals surface area contributed by atoms with Gasteiger partial charge in [0.15, 0.2) is 5.69 Å². The van der Waals surface area contributed by atoms with Crippen LogP contribution in [0.3, 0.4) is 0 Å². The van der Waals surface area contributed by atoms with Gasteiger partial charge in [-0.2, -0.15) is 0 Å². The van der Waals surface area contributed by atoms with Gasteiger partial charge in [-0.15, -0.1) is 10.2 Å². The van der Waals surface area contributed by atoms with E-state index in [0.717, 1.165) is 17.1 Å². The van der Waals surface area contributed by atoms with Gasteiger partial charge in [-0.1, -0.05) is 60.1 Å². The molecule has 0 aliphatic heterocycles. The maximum Gasteiger partial charge on any atom is 0.285 e. The van der Waals surface area contributed by atoms with E-state index in [1.807, 2.05) is 18.2 Å². The molecule has 5 rings (SSSR count). The predicted molar refractivity (Wildman–Crippen MR) is 162 cm³/mol. The third-order valence-electron chi connectivity index (χ3n) is 6.45. The fourth-order valence-corrected chi connectivity index (χ4v) is 5.88. The topological polar surface area (TPSA) is 124 Å². The second kappa shape index (κ2) is 12.9. The monoisotopic (exact) mass is 602 g/mol. The first kappa shape index (κ1) is 28.8. The smallest absolute Gasteiger partial charge is 0.285 e. The highest BCUT2D eigenvalue weighted by Gasteiger charge is 2.27. The maximum atomic E-state index is 13.7. The van der Waals surface area contributed by atoms with Crippen molar-refractivity contribution in [1.82, 2.24) is 4.98 Å². The third-order valence-corrected chi connectivity index (χ3v) is 8.49. The van der Waals surface area contributed by atoms with Crippen LogP contribution in [0.2, 0.25) is 5.02 Å². The quantitative estimate of drug-likeness (QED) is 0.124. The van der Waals surface area contributed by atoms with Gasteiger partial charge >= 0.3 is 0 Å². The molecule has 1 aromatic heterocycles. The number of azo groups is 1. The van der Waals surface area contributed by atoms with Crippen molar-refractivity contribution < 1.29 is 23.1 Å². The summed E-state index contributed by atoms with van der Waals surface area (Å²) >= 11 is 6.02. The van der Waals surface area contributed by atoms with Crippen molar-refractivity contribution in [2.45, 2.75) is 17.7 Å². The molecule has 214 valence electrons. The zero-order chi connectivity index (χ0) is 29.5. The average molecular weight is 603 g/mol. The van der Waals surface area contributed by atoms with E-state index in [-0.39, 0.29) is 22.2 Å². The van der Waals surface area contributed by atoms with Crippen molar-refractivity contribution in [3.63, 3.8) is 0 Å². The summed E-state index contributed by atoms with van der Waals surface area (Å²) in [7, 11) is -4.20. The second-order valence-electron chi connectivity index (χ2n) is 9.36. The van der Waals surface area contributed by atoms with Gasteiger partial charge in [0.2, 0.25) is 5.88 Å². The van der Waals surface area contributed by atoms with E-state index >= 15 is 0 Å². The number of halogens is 1. The number of rotatable bonds is 11. The Morgan fingerprint density at radius 3 is 2.33 bits per heavy atom. The van der Waals surface area contributed by atoms with E-state index in [2.05, 4.69) is 27.3 Å². The Morgan fingerprint density at radius 2 is 1.60 bits per heavy atom. The highest BCUT2D eigenvalue weighted by Crippen LogP contribution is 2.35. The molecule has 0 unspecified atom stereocenters. The summed E-state index contributed by atoms with van der Waals surface area (Å²) in [6.07, 6.45) is 1.68. The van der Waals surface area contributed by atoms with Gasteiger partial charge < -0.3 is 14.8 Å². The number of para-hydroxylation sites is 1. The summed E-state index contributed by atoms with van der Waals surface area (Å²) in [5.41, 5.74) is 2.14. The molecule has 0 aliphatic carbocycles. The van der Waals surface area contributed by atoms with Gasteiger partial charge in [-0.3, -0.25) is 9.10 Å². The number of hydrogen-bond donors (Lipinski definition) is 2. The van der Waals surface area contributed by atoms with Crippen LogP contribution >= 0.6 is 11.6 Å². The molecule has 1 amide bonds. The normalized spacial score (nSPS) is 11.6. The van der Waals surface area contributed by atoms with Crippen LogP contribution in [0.4, 0.5) is 11.4 Å².